The fourth-order valence-corrected chi connectivity index (χ4v) is 3.79. The van der Waals surface area contributed by atoms with Crippen molar-refractivity contribution in [3.63, 3.8) is 0 Å². The minimum Gasteiger partial charge on any atom is -0.422 e. The number of amides is 1. The third-order valence-electron chi connectivity index (χ3n) is 4.24. The second kappa shape index (κ2) is 7.74. The molecular formula is C23H17NO3S. The van der Waals surface area contributed by atoms with E-state index in [0.29, 0.717) is 11.3 Å². The molecule has 0 saturated carbocycles. The van der Waals surface area contributed by atoms with Crippen molar-refractivity contribution < 1.29 is 9.21 Å². The Morgan fingerprint density at radius 3 is 2.50 bits per heavy atom. The van der Waals surface area contributed by atoms with Gasteiger partial charge in [0.2, 0.25) is 0 Å². The molecule has 138 valence electrons. The van der Waals surface area contributed by atoms with Gasteiger partial charge >= 0.3 is 5.63 Å². The predicted octanol–water partition coefficient (Wildman–Crippen LogP) is 5.50. The first-order chi connectivity index (χ1) is 13.6. The minimum atomic E-state index is -0.651. The van der Waals surface area contributed by atoms with Crippen LogP contribution < -0.4 is 10.9 Å². The first-order valence-electron chi connectivity index (χ1n) is 8.78. The SMILES string of the molecule is Cc1ccc2oc(=O)c(C(=O)Nc3ccccc3Sc3ccccc3)cc2c1. The summed E-state index contributed by atoms with van der Waals surface area (Å²) >= 11 is 1.54. The summed E-state index contributed by atoms with van der Waals surface area (Å²) in [5.74, 6) is -0.488. The Labute approximate surface area is 166 Å². The lowest BCUT2D eigenvalue weighted by Crippen LogP contribution is -2.21. The first-order valence-corrected chi connectivity index (χ1v) is 9.59. The van der Waals surface area contributed by atoms with E-state index in [1.807, 2.05) is 73.7 Å². The summed E-state index contributed by atoms with van der Waals surface area (Å²) in [6, 6.07) is 24.5. The van der Waals surface area contributed by atoms with Crippen LogP contribution in [0.25, 0.3) is 11.0 Å². The molecule has 1 amide bonds. The maximum Gasteiger partial charge on any atom is 0.349 e. The lowest BCUT2D eigenvalue weighted by atomic mass is 10.1. The van der Waals surface area contributed by atoms with Gasteiger partial charge in [-0.2, -0.15) is 0 Å². The third-order valence-corrected chi connectivity index (χ3v) is 5.32. The van der Waals surface area contributed by atoms with Gasteiger partial charge in [0.05, 0.1) is 5.69 Å². The Hall–Kier alpha value is -3.31. The lowest BCUT2D eigenvalue weighted by Gasteiger charge is -2.10. The Balaban J connectivity index is 1.65. The maximum absolute atomic E-state index is 12.8. The highest BCUT2D eigenvalue weighted by atomic mass is 32.2. The van der Waals surface area contributed by atoms with E-state index in [1.165, 1.54) is 0 Å². The highest BCUT2D eigenvalue weighted by Gasteiger charge is 2.16. The van der Waals surface area contributed by atoms with Crippen LogP contribution in [-0.2, 0) is 0 Å². The number of hydrogen-bond donors (Lipinski definition) is 1. The molecule has 0 spiro atoms. The molecule has 3 aromatic carbocycles. The highest BCUT2D eigenvalue weighted by molar-refractivity contribution is 7.99. The van der Waals surface area contributed by atoms with Crippen molar-refractivity contribution in [1.82, 2.24) is 0 Å². The fourth-order valence-electron chi connectivity index (χ4n) is 2.87. The molecule has 28 heavy (non-hydrogen) atoms. The topological polar surface area (TPSA) is 59.3 Å². The lowest BCUT2D eigenvalue weighted by molar-refractivity contribution is 0.102. The normalized spacial score (nSPS) is 10.8. The van der Waals surface area contributed by atoms with Gasteiger partial charge in [0.1, 0.15) is 11.1 Å². The highest BCUT2D eigenvalue weighted by Crippen LogP contribution is 2.33. The molecule has 0 aliphatic heterocycles. The molecule has 0 unspecified atom stereocenters. The molecule has 0 atom stereocenters. The maximum atomic E-state index is 12.8. The van der Waals surface area contributed by atoms with Crippen LogP contribution in [-0.4, -0.2) is 5.91 Å². The van der Waals surface area contributed by atoms with Crippen molar-refractivity contribution >= 4 is 34.3 Å². The molecule has 4 nitrogen and oxygen atoms in total. The van der Waals surface area contributed by atoms with Crippen molar-refractivity contribution in [2.75, 3.05) is 5.32 Å². The van der Waals surface area contributed by atoms with Crippen LogP contribution in [0.5, 0.6) is 0 Å². The van der Waals surface area contributed by atoms with E-state index in [-0.39, 0.29) is 5.56 Å². The van der Waals surface area contributed by atoms with Crippen molar-refractivity contribution in [2.24, 2.45) is 0 Å². The first kappa shape index (κ1) is 18.1. The van der Waals surface area contributed by atoms with E-state index in [0.717, 1.165) is 20.7 Å². The average Bonchev–Trinajstić information content (AvgIpc) is 2.70. The van der Waals surface area contributed by atoms with Crippen LogP contribution in [0.3, 0.4) is 0 Å². The van der Waals surface area contributed by atoms with Crippen molar-refractivity contribution in [3.05, 3.63) is 100 Å². The molecule has 0 saturated heterocycles. The molecular weight excluding hydrogens is 370 g/mol. The smallest absolute Gasteiger partial charge is 0.349 e. The summed E-state index contributed by atoms with van der Waals surface area (Å²) in [5.41, 5.74) is 1.47. The number of carbonyl (C=O) groups is 1. The summed E-state index contributed by atoms with van der Waals surface area (Å²) in [6.45, 7) is 1.95. The number of rotatable bonds is 4. The van der Waals surface area contributed by atoms with E-state index < -0.39 is 11.5 Å². The zero-order chi connectivity index (χ0) is 19.5. The van der Waals surface area contributed by atoms with Gasteiger partial charge in [-0.05, 0) is 49.4 Å². The molecule has 5 heteroatoms. The quantitative estimate of drug-likeness (QED) is 0.470. The number of fused-ring (bicyclic) bond motifs is 1. The molecule has 0 bridgehead atoms. The number of benzene rings is 3. The van der Waals surface area contributed by atoms with Gasteiger partial charge in [-0.3, -0.25) is 4.79 Å². The summed E-state index contributed by atoms with van der Waals surface area (Å²) < 4.78 is 5.31. The van der Waals surface area contributed by atoms with Gasteiger partial charge in [0, 0.05) is 15.2 Å². The molecule has 1 N–H and O–H groups in total. The Kier molecular flexibility index (Phi) is 5.00. The summed E-state index contributed by atoms with van der Waals surface area (Å²) in [4.78, 5) is 27.0. The van der Waals surface area contributed by atoms with E-state index in [2.05, 4.69) is 5.32 Å². The van der Waals surface area contributed by atoms with Crippen molar-refractivity contribution in [3.8, 4) is 0 Å². The monoisotopic (exact) mass is 387 g/mol. The Morgan fingerprint density at radius 1 is 0.929 bits per heavy atom. The molecule has 1 heterocycles. The van der Waals surface area contributed by atoms with Gasteiger partial charge in [-0.1, -0.05) is 53.7 Å². The zero-order valence-corrected chi connectivity index (χ0v) is 16.0. The zero-order valence-electron chi connectivity index (χ0n) is 15.1. The van der Waals surface area contributed by atoms with Gasteiger partial charge in [0.15, 0.2) is 0 Å². The number of hydrogen-bond acceptors (Lipinski definition) is 4. The molecule has 0 fully saturated rings. The largest absolute Gasteiger partial charge is 0.422 e. The number of nitrogens with one attached hydrogen (secondary N) is 1. The van der Waals surface area contributed by atoms with Crippen LogP contribution >= 0.6 is 11.8 Å². The third kappa shape index (κ3) is 3.85. The number of anilines is 1. The number of para-hydroxylation sites is 1. The van der Waals surface area contributed by atoms with E-state index in [4.69, 9.17) is 4.42 Å². The van der Waals surface area contributed by atoms with Crippen LogP contribution in [0.2, 0.25) is 0 Å². The predicted molar refractivity (Wildman–Crippen MR) is 112 cm³/mol. The number of carbonyl (C=O) groups excluding carboxylic acids is 1. The average molecular weight is 387 g/mol. The van der Waals surface area contributed by atoms with Gasteiger partial charge in [-0.15, -0.1) is 0 Å². The van der Waals surface area contributed by atoms with Crippen LogP contribution in [0.4, 0.5) is 5.69 Å². The summed E-state index contributed by atoms with van der Waals surface area (Å²) in [7, 11) is 0. The minimum absolute atomic E-state index is 0.0161. The second-order valence-electron chi connectivity index (χ2n) is 6.35. The molecule has 0 aliphatic carbocycles. The number of aryl methyl sites for hydroxylation is 1. The summed E-state index contributed by atoms with van der Waals surface area (Å²) in [5, 5.41) is 3.57. The van der Waals surface area contributed by atoms with Crippen LogP contribution in [0.15, 0.2) is 97.9 Å². The van der Waals surface area contributed by atoms with Crippen molar-refractivity contribution in [2.45, 2.75) is 16.7 Å². The standard InChI is InChI=1S/C23H17NO3S/c1-15-11-12-20-16(13-15)14-18(23(26)27-20)22(25)24-19-9-5-6-10-21(19)28-17-7-3-2-4-8-17/h2-14H,1H3,(H,24,25). The van der Waals surface area contributed by atoms with E-state index >= 15 is 0 Å². The molecule has 0 radical (unpaired) electrons. The van der Waals surface area contributed by atoms with Crippen molar-refractivity contribution in [1.29, 1.82) is 0 Å². The fraction of sp³-hybridized carbons (Fsp3) is 0.0435. The van der Waals surface area contributed by atoms with Crippen LogP contribution in [0, 0.1) is 6.92 Å². The van der Waals surface area contributed by atoms with E-state index in [9.17, 15) is 9.59 Å². The Bertz CT molecular complexity index is 1220. The second-order valence-corrected chi connectivity index (χ2v) is 7.47. The molecule has 4 aromatic rings. The van der Waals surface area contributed by atoms with Gasteiger partial charge in [-0.25, -0.2) is 4.79 Å². The van der Waals surface area contributed by atoms with Gasteiger partial charge in [0.25, 0.3) is 5.91 Å². The van der Waals surface area contributed by atoms with Crippen LogP contribution in [0.1, 0.15) is 15.9 Å². The van der Waals surface area contributed by atoms with E-state index in [1.54, 1.807) is 23.9 Å². The molecule has 1 aromatic heterocycles. The molecule has 4 rings (SSSR count). The van der Waals surface area contributed by atoms with Gasteiger partial charge < -0.3 is 9.73 Å². The summed E-state index contributed by atoms with van der Waals surface area (Å²) in [6.07, 6.45) is 0. The Morgan fingerprint density at radius 2 is 1.68 bits per heavy atom. The molecule has 0 aliphatic rings.